The van der Waals surface area contributed by atoms with E-state index in [9.17, 15) is 8.42 Å². The highest BCUT2D eigenvalue weighted by Crippen LogP contribution is 2.31. The fourth-order valence-electron chi connectivity index (χ4n) is 2.39. The minimum Gasteiger partial charge on any atom is -0.323 e. The Morgan fingerprint density at radius 2 is 1.62 bits per heavy atom. The van der Waals surface area contributed by atoms with Crippen molar-refractivity contribution in [1.29, 1.82) is 0 Å². The normalized spacial score (nSPS) is 14.6. The van der Waals surface area contributed by atoms with E-state index >= 15 is 0 Å². The van der Waals surface area contributed by atoms with Crippen LogP contribution in [0.4, 0.5) is 0 Å². The largest absolute Gasteiger partial charge is 0.323 e. The van der Waals surface area contributed by atoms with Crippen LogP contribution >= 0.6 is 11.6 Å². The van der Waals surface area contributed by atoms with Crippen molar-refractivity contribution in [1.82, 2.24) is 0 Å². The third-order valence-electron chi connectivity index (χ3n) is 3.53. The highest BCUT2D eigenvalue weighted by molar-refractivity contribution is 7.92. The van der Waals surface area contributed by atoms with Gasteiger partial charge in [-0.1, -0.05) is 61.0 Å². The Hall–Kier alpha value is -1.36. The predicted molar refractivity (Wildman–Crippen MR) is 86.1 cm³/mol. The lowest BCUT2D eigenvalue weighted by molar-refractivity contribution is 0.548. The summed E-state index contributed by atoms with van der Waals surface area (Å²) in [5.74, 6) is 0. The van der Waals surface area contributed by atoms with E-state index in [1.165, 1.54) is 6.07 Å². The maximum absolute atomic E-state index is 12.8. The molecule has 0 aliphatic rings. The summed E-state index contributed by atoms with van der Waals surface area (Å²) in [7, 11) is -3.59. The van der Waals surface area contributed by atoms with Crippen LogP contribution in [0.3, 0.4) is 0 Å². The van der Waals surface area contributed by atoms with Crippen LogP contribution in [-0.4, -0.2) is 13.7 Å². The molecule has 2 unspecified atom stereocenters. The summed E-state index contributed by atoms with van der Waals surface area (Å²) in [6, 6.07) is 15.2. The van der Waals surface area contributed by atoms with Crippen molar-refractivity contribution in [3.05, 3.63) is 65.2 Å². The molecule has 0 saturated carbocycles. The lowest BCUT2D eigenvalue weighted by Crippen LogP contribution is -2.33. The lowest BCUT2D eigenvalue weighted by Gasteiger charge is -2.23. The molecule has 21 heavy (non-hydrogen) atoms. The summed E-state index contributed by atoms with van der Waals surface area (Å²) in [4.78, 5) is 0.143. The lowest BCUT2D eigenvalue weighted by atomic mass is 10.0. The third-order valence-corrected chi connectivity index (χ3v) is 6.36. The quantitative estimate of drug-likeness (QED) is 0.914. The van der Waals surface area contributed by atoms with Crippen LogP contribution in [0.5, 0.6) is 0 Å². The molecule has 0 amide bonds. The number of nitrogens with two attached hydrogens (primary N) is 1. The van der Waals surface area contributed by atoms with E-state index in [-0.39, 0.29) is 9.92 Å². The highest BCUT2D eigenvalue weighted by atomic mass is 35.5. The maximum Gasteiger partial charge on any atom is 0.184 e. The first kappa shape index (κ1) is 16.0. The molecular formula is C16H18ClNO2S. The van der Waals surface area contributed by atoms with E-state index in [0.717, 1.165) is 5.56 Å². The smallest absolute Gasteiger partial charge is 0.184 e. The number of sulfone groups is 1. The van der Waals surface area contributed by atoms with Gasteiger partial charge in [-0.3, -0.25) is 0 Å². The van der Waals surface area contributed by atoms with Gasteiger partial charge in [0.25, 0.3) is 0 Å². The first-order valence-corrected chi connectivity index (χ1v) is 8.70. The van der Waals surface area contributed by atoms with Gasteiger partial charge in [0.15, 0.2) is 9.84 Å². The molecule has 0 aliphatic carbocycles. The number of hydrogen-bond acceptors (Lipinski definition) is 3. The van der Waals surface area contributed by atoms with Gasteiger partial charge < -0.3 is 5.73 Å². The topological polar surface area (TPSA) is 60.2 Å². The fraction of sp³-hybridized carbons (Fsp3) is 0.250. The molecule has 2 aromatic carbocycles. The summed E-state index contributed by atoms with van der Waals surface area (Å²) in [6.07, 6.45) is 0.420. The zero-order valence-corrected chi connectivity index (χ0v) is 13.3. The third kappa shape index (κ3) is 3.28. The molecule has 0 radical (unpaired) electrons. The molecule has 0 fully saturated rings. The van der Waals surface area contributed by atoms with E-state index < -0.39 is 21.1 Å². The molecule has 0 aliphatic heterocycles. The second kappa shape index (κ2) is 6.60. The molecule has 2 rings (SSSR count). The SMILES string of the molecule is CCC(C(N)c1ccccc1)S(=O)(=O)c1ccccc1Cl. The monoisotopic (exact) mass is 323 g/mol. The first-order valence-electron chi connectivity index (χ1n) is 6.77. The van der Waals surface area contributed by atoms with Gasteiger partial charge in [0.2, 0.25) is 0 Å². The second-order valence-electron chi connectivity index (χ2n) is 4.86. The van der Waals surface area contributed by atoms with Crippen LogP contribution in [0.15, 0.2) is 59.5 Å². The van der Waals surface area contributed by atoms with Gasteiger partial charge in [-0.15, -0.1) is 0 Å². The average molecular weight is 324 g/mol. The van der Waals surface area contributed by atoms with Gasteiger partial charge in [0, 0.05) is 6.04 Å². The van der Waals surface area contributed by atoms with Crippen LogP contribution in [0.25, 0.3) is 0 Å². The van der Waals surface area contributed by atoms with Gasteiger partial charge in [-0.05, 0) is 24.1 Å². The average Bonchev–Trinajstić information content (AvgIpc) is 2.48. The molecule has 3 nitrogen and oxygen atoms in total. The van der Waals surface area contributed by atoms with Crippen LogP contribution in [0, 0.1) is 0 Å². The minimum atomic E-state index is -3.59. The Morgan fingerprint density at radius 3 is 2.19 bits per heavy atom. The van der Waals surface area contributed by atoms with Crippen molar-refractivity contribution in [2.45, 2.75) is 29.5 Å². The van der Waals surface area contributed by atoms with Gasteiger partial charge in [0.05, 0.1) is 15.2 Å². The van der Waals surface area contributed by atoms with Crippen molar-refractivity contribution in [3.8, 4) is 0 Å². The zero-order chi connectivity index (χ0) is 15.5. The minimum absolute atomic E-state index is 0.143. The molecule has 2 N–H and O–H groups in total. The molecular weight excluding hydrogens is 306 g/mol. The van der Waals surface area contributed by atoms with Crippen LogP contribution < -0.4 is 5.73 Å². The van der Waals surface area contributed by atoms with E-state index in [1.54, 1.807) is 18.2 Å². The molecule has 5 heteroatoms. The molecule has 0 heterocycles. The van der Waals surface area contributed by atoms with Crippen molar-refractivity contribution in [2.24, 2.45) is 5.73 Å². The Bertz CT molecular complexity index is 701. The predicted octanol–water partition coefficient (Wildman–Crippen LogP) is 3.59. The summed E-state index contributed by atoms with van der Waals surface area (Å²) in [5.41, 5.74) is 7.01. The Morgan fingerprint density at radius 1 is 1.05 bits per heavy atom. The van der Waals surface area contributed by atoms with Crippen molar-refractivity contribution >= 4 is 21.4 Å². The molecule has 112 valence electrons. The fourth-order valence-corrected chi connectivity index (χ4v) is 4.77. The van der Waals surface area contributed by atoms with Crippen molar-refractivity contribution in [3.63, 3.8) is 0 Å². The van der Waals surface area contributed by atoms with E-state index in [1.807, 2.05) is 37.3 Å². The number of halogens is 1. The summed E-state index contributed by atoms with van der Waals surface area (Å²) in [5, 5.41) is -0.476. The Labute approximate surface area is 130 Å². The standard InChI is InChI=1S/C16H18ClNO2S/c1-2-14(16(18)12-8-4-3-5-9-12)21(19,20)15-11-7-6-10-13(15)17/h3-11,14,16H,2,18H2,1H3. The molecule has 0 saturated heterocycles. The van der Waals surface area contributed by atoms with Crippen LogP contribution in [0.1, 0.15) is 24.9 Å². The summed E-state index contributed by atoms with van der Waals surface area (Å²) in [6.45, 7) is 1.82. The van der Waals surface area contributed by atoms with Gasteiger partial charge >= 0.3 is 0 Å². The maximum atomic E-state index is 12.8. The number of hydrogen-bond donors (Lipinski definition) is 1. The molecule has 0 aromatic heterocycles. The highest BCUT2D eigenvalue weighted by Gasteiger charge is 2.33. The van der Waals surface area contributed by atoms with Gasteiger partial charge in [0.1, 0.15) is 0 Å². The van der Waals surface area contributed by atoms with Crippen molar-refractivity contribution < 1.29 is 8.42 Å². The van der Waals surface area contributed by atoms with Gasteiger partial charge in [-0.25, -0.2) is 8.42 Å². The molecule has 0 spiro atoms. The Balaban J connectivity index is 2.44. The van der Waals surface area contributed by atoms with Crippen LogP contribution in [0.2, 0.25) is 5.02 Å². The second-order valence-corrected chi connectivity index (χ2v) is 7.40. The summed E-state index contributed by atoms with van der Waals surface area (Å²) >= 11 is 6.04. The number of benzene rings is 2. The molecule has 2 atom stereocenters. The van der Waals surface area contributed by atoms with Crippen molar-refractivity contribution in [2.75, 3.05) is 0 Å². The summed E-state index contributed by atoms with van der Waals surface area (Å²) < 4.78 is 25.7. The number of rotatable bonds is 5. The molecule has 0 bridgehead atoms. The van der Waals surface area contributed by atoms with E-state index in [4.69, 9.17) is 17.3 Å². The van der Waals surface area contributed by atoms with E-state index in [2.05, 4.69) is 0 Å². The zero-order valence-electron chi connectivity index (χ0n) is 11.7. The van der Waals surface area contributed by atoms with Gasteiger partial charge in [-0.2, -0.15) is 0 Å². The molecule has 2 aromatic rings. The Kier molecular flexibility index (Phi) is 5.04. The first-order chi connectivity index (χ1) is 9.98. The van der Waals surface area contributed by atoms with E-state index in [0.29, 0.717) is 6.42 Å². The van der Waals surface area contributed by atoms with Crippen LogP contribution in [-0.2, 0) is 9.84 Å².